The Morgan fingerprint density at radius 3 is 2.50 bits per heavy atom. The monoisotopic (exact) mass is 329 g/mol. The van der Waals surface area contributed by atoms with Crippen molar-refractivity contribution in [2.45, 2.75) is 32.9 Å². The smallest absolute Gasteiger partial charge is 0.274 e. The van der Waals surface area contributed by atoms with Crippen LogP contribution >= 0.6 is 0 Å². The SMILES string of the molecule is CCCn1nc(C(=O)N(C)C(C)c2ccc(OC)cc2)ccc1=O. The van der Waals surface area contributed by atoms with Crippen LogP contribution in [0.2, 0.25) is 0 Å². The zero-order valence-corrected chi connectivity index (χ0v) is 14.5. The van der Waals surface area contributed by atoms with E-state index >= 15 is 0 Å². The number of hydrogen-bond donors (Lipinski definition) is 0. The van der Waals surface area contributed by atoms with E-state index in [-0.39, 0.29) is 23.2 Å². The van der Waals surface area contributed by atoms with Crippen molar-refractivity contribution < 1.29 is 9.53 Å². The van der Waals surface area contributed by atoms with Crippen LogP contribution in [-0.4, -0.2) is 34.7 Å². The van der Waals surface area contributed by atoms with Gasteiger partial charge < -0.3 is 9.64 Å². The fourth-order valence-corrected chi connectivity index (χ4v) is 2.40. The molecule has 2 aromatic rings. The molecule has 1 atom stereocenters. The van der Waals surface area contributed by atoms with Crippen molar-refractivity contribution in [3.05, 3.63) is 58.0 Å². The van der Waals surface area contributed by atoms with E-state index in [1.54, 1.807) is 19.1 Å². The molecular weight excluding hydrogens is 306 g/mol. The molecule has 1 amide bonds. The van der Waals surface area contributed by atoms with E-state index in [0.29, 0.717) is 6.54 Å². The number of nitrogens with zero attached hydrogens (tertiary/aromatic N) is 3. The molecule has 0 N–H and O–H groups in total. The first-order chi connectivity index (χ1) is 11.5. The minimum absolute atomic E-state index is 0.128. The highest BCUT2D eigenvalue weighted by Gasteiger charge is 2.20. The first-order valence-corrected chi connectivity index (χ1v) is 7.97. The van der Waals surface area contributed by atoms with Crippen LogP contribution in [0.4, 0.5) is 0 Å². The molecule has 0 radical (unpaired) electrons. The van der Waals surface area contributed by atoms with Crippen LogP contribution in [0.25, 0.3) is 0 Å². The average Bonchev–Trinajstić information content (AvgIpc) is 2.62. The van der Waals surface area contributed by atoms with Crippen LogP contribution in [0.15, 0.2) is 41.2 Å². The van der Waals surface area contributed by atoms with Gasteiger partial charge in [0.1, 0.15) is 11.4 Å². The molecule has 6 nitrogen and oxygen atoms in total. The summed E-state index contributed by atoms with van der Waals surface area (Å²) < 4.78 is 6.48. The van der Waals surface area contributed by atoms with Crippen molar-refractivity contribution in [3.63, 3.8) is 0 Å². The zero-order chi connectivity index (χ0) is 17.7. The maximum absolute atomic E-state index is 12.7. The lowest BCUT2D eigenvalue weighted by Gasteiger charge is -2.25. The van der Waals surface area contributed by atoms with Gasteiger partial charge in [-0.3, -0.25) is 9.59 Å². The van der Waals surface area contributed by atoms with Crippen molar-refractivity contribution in [2.24, 2.45) is 0 Å². The quantitative estimate of drug-likeness (QED) is 0.817. The van der Waals surface area contributed by atoms with E-state index in [2.05, 4.69) is 5.10 Å². The standard InChI is InChI=1S/C18H23N3O3/c1-5-12-21-17(22)11-10-16(19-21)18(23)20(3)13(2)14-6-8-15(24-4)9-7-14/h6-11,13H,5,12H2,1-4H3. The number of methoxy groups -OCH3 is 1. The first-order valence-electron chi connectivity index (χ1n) is 7.97. The highest BCUT2D eigenvalue weighted by molar-refractivity contribution is 5.92. The van der Waals surface area contributed by atoms with Crippen molar-refractivity contribution in [3.8, 4) is 5.75 Å². The van der Waals surface area contributed by atoms with Gasteiger partial charge in [0.15, 0.2) is 0 Å². The predicted octanol–water partition coefficient (Wildman–Crippen LogP) is 2.50. The summed E-state index contributed by atoms with van der Waals surface area (Å²) in [6.45, 7) is 4.40. The number of amides is 1. The number of benzene rings is 1. The second kappa shape index (κ2) is 7.77. The maximum Gasteiger partial charge on any atom is 0.274 e. The average molecular weight is 329 g/mol. The summed E-state index contributed by atoms with van der Waals surface area (Å²) in [4.78, 5) is 26.0. The van der Waals surface area contributed by atoms with Crippen LogP contribution in [0.3, 0.4) is 0 Å². The molecule has 0 fully saturated rings. The van der Waals surface area contributed by atoms with Gasteiger partial charge in [-0.05, 0) is 37.1 Å². The molecule has 6 heteroatoms. The Hall–Kier alpha value is -2.63. The van der Waals surface area contributed by atoms with Crippen LogP contribution in [0.1, 0.15) is 42.4 Å². The number of hydrogen-bond acceptors (Lipinski definition) is 4. The number of carbonyl (C=O) groups is 1. The Labute approximate surface area is 141 Å². The van der Waals surface area contributed by atoms with Crippen molar-refractivity contribution in [1.82, 2.24) is 14.7 Å². The summed E-state index contributed by atoms with van der Waals surface area (Å²) in [5.41, 5.74) is 1.07. The minimum atomic E-state index is -0.219. The molecule has 1 unspecified atom stereocenters. The third-order valence-electron chi connectivity index (χ3n) is 4.02. The van der Waals surface area contributed by atoms with Gasteiger partial charge in [0, 0.05) is 19.7 Å². The van der Waals surface area contributed by atoms with E-state index in [0.717, 1.165) is 17.7 Å². The number of rotatable bonds is 6. The molecular formula is C18H23N3O3. The van der Waals surface area contributed by atoms with Gasteiger partial charge in [-0.2, -0.15) is 5.10 Å². The summed E-state index contributed by atoms with van der Waals surface area (Å²) in [7, 11) is 3.35. The third-order valence-corrected chi connectivity index (χ3v) is 4.02. The normalized spacial score (nSPS) is 11.8. The summed E-state index contributed by atoms with van der Waals surface area (Å²) in [6, 6.07) is 10.3. The molecule has 1 aromatic carbocycles. The van der Waals surface area contributed by atoms with Crippen LogP contribution in [0.5, 0.6) is 5.75 Å². The van der Waals surface area contributed by atoms with E-state index in [4.69, 9.17) is 4.74 Å². The lowest BCUT2D eigenvalue weighted by Crippen LogP contribution is -2.33. The Balaban J connectivity index is 2.21. The number of aromatic nitrogens is 2. The van der Waals surface area contributed by atoms with E-state index < -0.39 is 0 Å². The van der Waals surface area contributed by atoms with Gasteiger partial charge >= 0.3 is 0 Å². The fourth-order valence-electron chi connectivity index (χ4n) is 2.40. The Kier molecular flexibility index (Phi) is 5.73. The van der Waals surface area contributed by atoms with Crippen LogP contribution in [0, 0.1) is 0 Å². The van der Waals surface area contributed by atoms with Gasteiger partial charge in [0.05, 0.1) is 13.2 Å². The van der Waals surface area contributed by atoms with Gasteiger partial charge in [0.2, 0.25) is 0 Å². The predicted molar refractivity (Wildman–Crippen MR) is 92.3 cm³/mol. The Morgan fingerprint density at radius 2 is 1.92 bits per heavy atom. The molecule has 0 aliphatic rings. The molecule has 1 heterocycles. The summed E-state index contributed by atoms with van der Waals surface area (Å²) in [5, 5.41) is 4.18. The summed E-state index contributed by atoms with van der Waals surface area (Å²) >= 11 is 0. The highest BCUT2D eigenvalue weighted by atomic mass is 16.5. The third kappa shape index (κ3) is 3.82. The highest BCUT2D eigenvalue weighted by Crippen LogP contribution is 2.22. The molecule has 128 valence electrons. The second-order valence-corrected chi connectivity index (χ2v) is 5.65. The molecule has 0 spiro atoms. The van der Waals surface area contributed by atoms with Crippen molar-refractivity contribution >= 4 is 5.91 Å². The van der Waals surface area contributed by atoms with Gasteiger partial charge in [0.25, 0.3) is 11.5 Å². The first kappa shape index (κ1) is 17.7. The molecule has 24 heavy (non-hydrogen) atoms. The number of carbonyl (C=O) groups excluding carboxylic acids is 1. The van der Waals surface area contributed by atoms with E-state index in [1.165, 1.54) is 16.8 Å². The van der Waals surface area contributed by atoms with Crippen LogP contribution in [-0.2, 0) is 6.54 Å². The summed E-state index contributed by atoms with van der Waals surface area (Å²) in [6.07, 6.45) is 0.780. The zero-order valence-electron chi connectivity index (χ0n) is 14.5. The topological polar surface area (TPSA) is 64.4 Å². The minimum Gasteiger partial charge on any atom is -0.497 e. The lowest BCUT2D eigenvalue weighted by molar-refractivity contribution is 0.0733. The van der Waals surface area contributed by atoms with Gasteiger partial charge in [-0.25, -0.2) is 4.68 Å². The molecule has 2 rings (SSSR count). The lowest BCUT2D eigenvalue weighted by atomic mass is 10.1. The summed E-state index contributed by atoms with van der Waals surface area (Å²) in [5.74, 6) is 0.552. The number of ether oxygens (including phenoxy) is 1. The molecule has 0 saturated heterocycles. The molecule has 0 aliphatic carbocycles. The Morgan fingerprint density at radius 1 is 1.25 bits per heavy atom. The van der Waals surface area contributed by atoms with Gasteiger partial charge in [-0.1, -0.05) is 19.1 Å². The van der Waals surface area contributed by atoms with Crippen LogP contribution < -0.4 is 10.3 Å². The molecule has 0 aliphatic heterocycles. The maximum atomic E-state index is 12.7. The Bertz CT molecular complexity index is 753. The molecule has 0 saturated carbocycles. The second-order valence-electron chi connectivity index (χ2n) is 5.65. The van der Waals surface area contributed by atoms with Gasteiger partial charge in [-0.15, -0.1) is 0 Å². The molecule has 1 aromatic heterocycles. The van der Waals surface area contributed by atoms with E-state index in [1.807, 2.05) is 38.1 Å². The van der Waals surface area contributed by atoms with Crippen molar-refractivity contribution in [1.29, 1.82) is 0 Å². The largest absolute Gasteiger partial charge is 0.497 e. The van der Waals surface area contributed by atoms with E-state index in [9.17, 15) is 9.59 Å². The molecule has 0 bridgehead atoms. The van der Waals surface area contributed by atoms with Crippen molar-refractivity contribution in [2.75, 3.05) is 14.2 Å². The number of aryl methyl sites for hydroxylation is 1. The fraction of sp³-hybridized carbons (Fsp3) is 0.389.